The zero-order chi connectivity index (χ0) is 16.3. The number of hydrogen-bond acceptors (Lipinski definition) is 2. The van der Waals surface area contributed by atoms with Gasteiger partial charge < -0.3 is 0 Å². The number of rotatable bonds is 4. The summed E-state index contributed by atoms with van der Waals surface area (Å²) in [6, 6.07) is 10.1. The SMILES string of the molecule is Cc1cccc(C(=O)C(CC#N)c2ccc(Cl)cc2F)c1F. The number of hydrogen-bond donors (Lipinski definition) is 0. The first kappa shape index (κ1) is 16.1. The third-order valence-corrected chi connectivity index (χ3v) is 3.64. The standard InChI is InChI=1S/C17H12ClF2NO/c1-10-3-2-4-14(16(10)20)17(22)13(7-8-21)12-6-5-11(18)9-15(12)19/h2-6,9,13H,7H2,1H3. The Bertz CT molecular complexity index is 768. The van der Waals surface area contributed by atoms with Crippen molar-refractivity contribution in [1.82, 2.24) is 0 Å². The van der Waals surface area contributed by atoms with Crippen LogP contribution in [0.15, 0.2) is 36.4 Å². The van der Waals surface area contributed by atoms with Gasteiger partial charge in [-0.3, -0.25) is 4.79 Å². The Labute approximate surface area is 132 Å². The maximum absolute atomic E-state index is 14.1. The minimum absolute atomic E-state index is 0.0388. The molecule has 112 valence electrons. The molecule has 0 saturated heterocycles. The summed E-state index contributed by atoms with van der Waals surface area (Å²) in [4.78, 5) is 12.6. The Morgan fingerprint density at radius 3 is 2.68 bits per heavy atom. The fourth-order valence-electron chi connectivity index (χ4n) is 2.24. The van der Waals surface area contributed by atoms with Gasteiger partial charge >= 0.3 is 0 Å². The smallest absolute Gasteiger partial charge is 0.174 e. The highest BCUT2D eigenvalue weighted by Crippen LogP contribution is 2.29. The summed E-state index contributed by atoms with van der Waals surface area (Å²) in [5.41, 5.74) is 0.213. The van der Waals surface area contributed by atoms with Crippen molar-refractivity contribution in [2.75, 3.05) is 0 Å². The molecule has 0 aromatic heterocycles. The van der Waals surface area contributed by atoms with Gasteiger partial charge in [0.1, 0.15) is 11.6 Å². The van der Waals surface area contributed by atoms with Gasteiger partial charge in [-0.2, -0.15) is 5.26 Å². The molecule has 1 unspecified atom stereocenters. The van der Waals surface area contributed by atoms with Crippen molar-refractivity contribution in [2.24, 2.45) is 0 Å². The van der Waals surface area contributed by atoms with E-state index in [1.165, 1.54) is 31.2 Å². The molecule has 0 spiro atoms. The molecule has 0 heterocycles. The van der Waals surface area contributed by atoms with Crippen LogP contribution in [-0.4, -0.2) is 5.78 Å². The van der Waals surface area contributed by atoms with Gasteiger partial charge in [0.2, 0.25) is 0 Å². The molecule has 0 aliphatic rings. The van der Waals surface area contributed by atoms with Crippen LogP contribution in [0.4, 0.5) is 8.78 Å². The van der Waals surface area contributed by atoms with E-state index in [9.17, 15) is 13.6 Å². The van der Waals surface area contributed by atoms with E-state index in [1.807, 2.05) is 6.07 Å². The predicted octanol–water partition coefficient (Wildman–Crippen LogP) is 4.81. The van der Waals surface area contributed by atoms with Crippen molar-refractivity contribution in [3.8, 4) is 6.07 Å². The summed E-state index contributed by atoms with van der Waals surface area (Å²) in [6.45, 7) is 1.54. The molecule has 2 aromatic rings. The summed E-state index contributed by atoms with van der Waals surface area (Å²) in [5.74, 6) is -3.03. The molecule has 2 nitrogen and oxygen atoms in total. The Balaban J connectivity index is 2.50. The van der Waals surface area contributed by atoms with Gasteiger partial charge in [-0.15, -0.1) is 0 Å². The summed E-state index contributed by atoms with van der Waals surface area (Å²) in [5, 5.41) is 9.10. The van der Waals surface area contributed by atoms with E-state index in [-0.39, 0.29) is 22.6 Å². The number of carbonyl (C=O) groups is 1. The van der Waals surface area contributed by atoms with E-state index in [0.29, 0.717) is 5.56 Å². The summed E-state index contributed by atoms with van der Waals surface area (Å²) in [7, 11) is 0. The highest BCUT2D eigenvalue weighted by molar-refractivity contribution is 6.30. The molecule has 22 heavy (non-hydrogen) atoms. The third kappa shape index (κ3) is 3.15. The average molecular weight is 320 g/mol. The molecule has 0 amide bonds. The zero-order valence-corrected chi connectivity index (χ0v) is 12.5. The molecule has 2 rings (SSSR count). The molecular weight excluding hydrogens is 308 g/mol. The number of benzene rings is 2. The van der Waals surface area contributed by atoms with Gasteiger partial charge in [0.05, 0.1) is 17.6 Å². The van der Waals surface area contributed by atoms with Crippen LogP contribution in [0.5, 0.6) is 0 Å². The summed E-state index contributed by atoms with van der Waals surface area (Å²) in [6.07, 6.45) is -0.245. The zero-order valence-electron chi connectivity index (χ0n) is 11.7. The van der Waals surface area contributed by atoms with E-state index in [0.717, 1.165) is 6.07 Å². The van der Waals surface area contributed by atoms with E-state index in [2.05, 4.69) is 0 Å². The topological polar surface area (TPSA) is 40.9 Å². The second-order valence-electron chi connectivity index (χ2n) is 4.88. The molecule has 0 bridgehead atoms. The quantitative estimate of drug-likeness (QED) is 0.759. The van der Waals surface area contributed by atoms with Crippen LogP contribution in [-0.2, 0) is 0 Å². The lowest BCUT2D eigenvalue weighted by Crippen LogP contribution is -2.16. The molecule has 0 aliphatic carbocycles. The summed E-state index contributed by atoms with van der Waals surface area (Å²) >= 11 is 5.69. The number of halogens is 3. The molecular formula is C17H12ClF2NO. The van der Waals surface area contributed by atoms with Crippen LogP contribution in [0.3, 0.4) is 0 Å². The molecule has 0 saturated carbocycles. The van der Waals surface area contributed by atoms with Gasteiger partial charge in [-0.1, -0.05) is 29.8 Å². The summed E-state index contributed by atoms with van der Waals surface area (Å²) < 4.78 is 28.2. The minimum Gasteiger partial charge on any atom is -0.293 e. The number of ketones is 1. The molecule has 0 fully saturated rings. The average Bonchev–Trinajstić information content (AvgIpc) is 2.48. The maximum atomic E-state index is 14.1. The van der Waals surface area contributed by atoms with Gasteiger partial charge in [0.25, 0.3) is 0 Å². The van der Waals surface area contributed by atoms with E-state index >= 15 is 0 Å². The second kappa shape index (κ2) is 6.67. The van der Waals surface area contributed by atoms with Gasteiger partial charge in [0.15, 0.2) is 5.78 Å². The lowest BCUT2D eigenvalue weighted by atomic mass is 9.87. The monoisotopic (exact) mass is 319 g/mol. The third-order valence-electron chi connectivity index (χ3n) is 3.41. The Morgan fingerprint density at radius 1 is 1.32 bits per heavy atom. The van der Waals surface area contributed by atoms with Crippen molar-refractivity contribution in [2.45, 2.75) is 19.3 Å². The van der Waals surface area contributed by atoms with Gasteiger partial charge in [0, 0.05) is 11.4 Å². The first-order valence-electron chi connectivity index (χ1n) is 6.57. The van der Waals surface area contributed by atoms with E-state index in [1.54, 1.807) is 6.07 Å². The number of nitriles is 1. The number of carbonyl (C=O) groups excluding carboxylic acids is 1. The van der Waals surface area contributed by atoms with Crippen molar-refractivity contribution < 1.29 is 13.6 Å². The van der Waals surface area contributed by atoms with Crippen molar-refractivity contribution in [1.29, 1.82) is 5.26 Å². The largest absolute Gasteiger partial charge is 0.293 e. The van der Waals surface area contributed by atoms with Gasteiger partial charge in [-0.25, -0.2) is 8.78 Å². The lowest BCUT2D eigenvalue weighted by Gasteiger charge is -2.15. The van der Waals surface area contributed by atoms with Crippen LogP contribution >= 0.6 is 11.6 Å². The highest BCUT2D eigenvalue weighted by atomic mass is 35.5. The van der Waals surface area contributed by atoms with Crippen molar-refractivity contribution >= 4 is 17.4 Å². The Kier molecular flexibility index (Phi) is 4.89. The van der Waals surface area contributed by atoms with E-state index in [4.69, 9.17) is 16.9 Å². The van der Waals surface area contributed by atoms with Crippen molar-refractivity contribution in [3.05, 3.63) is 69.7 Å². The normalized spacial score (nSPS) is 11.8. The first-order valence-corrected chi connectivity index (χ1v) is 6.94. The molecule has 5 heteroatoms. The van der Waals surface area contributed by atoms with Crippen LogP contribution in [0.2, 0.25) is 5.02 Å². The van der Waals surface area contributed by atoms with Crippen LogP contribution in [0.1, 0.15) is 33.8 Å². The van der Waals surface area contributed by atoms with E-state index < -0.39 is 23.3 Å². The number of nitrogens with zero attached hydrogens (tertiary/aromatic N) is 1. The first-order chi connectivity index (χ1) is 10.5. The molecule has 0 aliphatic heterocycles. The van der Waals surface area contributed by atoms with Crippen molar-refractivity contribution in [3.63, 3.8) is 0 Å². The number of Topliss-reactive ketones (excluding diaryl/α,β-unsaturated/α-hetero) is 1. The van der Waals surface area contributed by atoms with Gasteiger partial charge in [-0.05, 0) is 36.2 Å². The maximum Gasteiger partial charge on any atom is 0.174 e. The molecule has 2 aromatic carbocycles. The minimum atomic E-state index is -1.07. The lowest BCUT2D eigenvalue weighted by molar-refractivity contribution is 0.0954. The van der Waals surface area contributed by atoms with Crippen LogP contribution in [0.25, 0.3) is 0 Å². The molecule has 0 radical (unpaired) electrons. The van der Waals surface area contributed by atoms with Crippen LogP contribution in [0, 0.1) is 29.9 Å². The van der Waals surface area contributed by atoms with Crippen LogP contribution < -0.4 is 0 Å². The Hall–Kier alpha value is -2.25. The fourth-order valence-corrected chi connectivity index (χ4v) is 2.40. The fraction of sp³-hybridized carbons (Fsp3) is 0.176. The number of aryl methyl sites for hydroxylation is 1. The Morgan fingerprint density at radius 2 is 2.05 bits per heavy atom. The second-order valence-corrected chi connectivity index (χ2v) is 5.32. The predicted molar refractivity (Wildman–Crippen MR) is 79.8 cm³/mol. The molecule has 0 N–H and O–H groups in total. The highest BCUT2D eigenvalue weighted by Gasteiger charge is 2.27. The molecule has 1 atom stereocenters.